The number of aryl methyl sites for hydroxylation is 1. The Balaban J connectivity index is 1.63. The summed E-state index contributed by atoms with van der Waals surface area (Å²) in [5, 5.41) is 8.72. The molecular formula is C18H20N4O3S. The minimum atomic E-state index is -0.00996. The van der Waals surface area contributed by atoms with Crippen LogP contribution in [0.1, 0.15) is 11.5 Å². The highest BCUT2D eigenvalue weighted by Gasteiger charge is 2.15. The van der Waals surface area contributed by atoms with Gasteiger partial charge in [0.2, 0.25) is 5.91 Å². The maximum absolute atomic E-state index is 12.4. The molecule has 0 aliphatic carbocycles. The first-order valence-corrected chi connectivity index (χ1v) is 9.02. The number of rotatable bonds is 7. The molecule has 0 fully saturated rings. The lowest BCUT2D eigenvalue weighted by Crippen LogP contribution is -2.27. The third-order valence-electron chi connectivity index (χ3n) is 3.79. The Bertz CT molecular complexity index is 890. The van der Waals surface area contributed by atoms with E-state index in [0.717, 1.165) is 23.0 Å². The number of thioether (sulfide) groups is 1. The molecule has 1 amide bonds. The highest BCUT2D eigenvalue weighted by Crippen LogP contribution is 2.22. The topological polar surface area (TPSA) is 73.4 Å². The fourth-order valence-corrected chi connectivity index (χ4v) is 3.26. The SMILES string of the molecule is COc1cccc(-n2cnnc2SCC(=O)N(C)Cc2ccc(C)o2)c1. The number of ether oxygens (including phenoxy) is 1. The molecule has 0 aliphatic heterocycles. The Kier molecular flexibility index (Phi) is 5.62. The summed E-state index contributed by atoms with van der Waals surface area (Å²) in [5.41, 5.74) is 0.878. The van der Waals surface area contributed by atoms with Crippen LogP contribution in [0.4, 0.5) is 0 Å². The molecule has 0 saturated heterocycles. The lowest BCUT2D eigenvalue weighted by Gasteiger charge is -2.15. The van der Waals surface area contributed by atoms with E-state index >= 15 is 0 Å². The van der Waals surface area contributed by atoms with Crippen LogP contribution in [0.25, 0.3) is 5.69 Å². The molecule has 0 N–H and O–H groups in total. The van der Waals surface area contributed by atoms with Gasteiger partial charge in [-0.05, 0) is 31.2 Å². The predicted molar refractivity (Wildman–Crippen MR) is 98.6 cm³/mol. The zero-order valence-electron chi connectivity index (χ0n) is 14.9. The van der Waals surface area contributed by atoms with E-state index in [4.69, 9.17) is 9.15 Å². The Morgan fingerprint density at radius 3 is 2.92 bits per heavy atom. The summed E-state index contributed by atoms with van der Waals surface area (Å²) in [6, 6.07) is 11.4. The largest absolute Gasteiger partial charge is 0.497 e. The van der Waals surface area contributed by atoms with Gasteiger partial charge < -0.3 is 14.1 Å². The van der Waals surface area contributed by atoms with Crippen molar-refractivity contribution in [1.82, 2.24) is 19.7 Å². The van der Waals surface area contributed by atoms with Crippen molar-refractivity contribution in [1.29, 1.82) is 0 Å². The average molecular weight is 372 g/mol. The first-order valence-electron chi connectivity index (χ1n) is 8.03. The summed E-state index contributed by atoms with van der Waals surface area (Å²) in [7, 11) is 3.38. The van der Waals surface area contributed by atoms with Gasteiger partial charge in [-0.3, -0.25) is 9.36 Å². The molecule has 2 aromatic heterocycles. The van der Waals surface area contributed by atoms with Crippen LogP contribution < -0.4 is 4.74 Å². The van der Waals surface area contributed by atoms with Crippen molar-refractivity contribution in [3.8, 4) is 11.4 Å². The molecule has 26 heavy (non-hydrogen) atoms. The molecule has 2 heterocycles. The number of nitrogens with zero attached hydrogens (tertiary/aromatic N) is 4. The predicted octanol–water partition coefficient (Wildman–Crippen LogP) is 2.93. The number of hydrogen-bond acceptors (Lipinski definition) is 6. The van der Waals surface area contributed by atoms with Crippen molar-refractivity contribution < 1.29 is 13.9 Å². The van der Waals surface area contributed by atoms with Crippen LogP contribution in [-0.4, -0.2) is 45.5 Å². The minimum Gasteiger partial charge on any atom is -0.497 e. The van der Waals surface area contributed by atoms with E-state index in [0.29, 0.717) is 11.7 Å². The van der Waals surface area contributed by atoms with Gasteiger partial charge >= 0.3 is 0 Å². The average Bonchev–Trinajstić information content (AvgIpc) is 3.28. The van der Waals surface area contributed by atoms with Crippen LogP contribution in [0.2, 0.25) is 0 Å². The second kappa shape index (κ2) is 8.09. The number of amides is 1. The van der Waals surface area contributed by atoms with Gasteiger partial charge in [0.15, 0.2) is 5.16 Å². The summed E-state index contributed by atoms with van der Waals surface area (Å²) >= 11 is 1.34. The highest BCUT2D eigenvalue weighted by molar-refractivity contribution is 7.99. The van der Waals surface area contributed by atoms with Crippen LogP contribution in [-0.2, 0) is 11.3 Å². The zero-order chi connectivity index (χ0) is 18.5. The number of carbonyl (C=O) groups is 1. The summed E-state index contributed by atoms with van der Waals surface area (Å²) in [5.74, 6) is 2.60. The summed E-state index contributed by atoms with van der Waals surface area (Å²) in [4.78, 5) is 14.0. The number of benzene rings is 1. The highest BCUT2D eigenvalue weighted by atomic mass is 32.2. The summed E-state index contributed by atoms with van der Waals surface area (Å²) in [6.07, 6.45) is 1.62. The molecule has 3 aromatic rings. The van der Waals surface area contributed by atoms with Crippen molar-refractivity contribution in [2.45, 2.75) is 18.6 Å². The molecule has 136 valence electrons. The second-order valence-electron chi connectivity index (χ2n) is 5.74. The quantitative estimate of drug-likeness (QED) is 0.594. The number of furan rings is 1. The van der Waals surface area contributed by atoms with Gasteiger partial charge in [-0.15, -0.1) is 10.2 Å². The lowest BCUT2D eigenvalue weighted by molar-refractivity contribution is -0.127. The zero-order valence-corrected chi connectivity index (χ0v) is 15.7. The van der Waals surface area contributed by atoms with E-state index in [2.05, 4.69) is 10.2 Å². The van der Waals surface area contributed by atoms with Crippen LogP contribution in [0, 0.1) is 6.92 Å². The van der Waals surface area contributed by atoms with Gasteiger partial charge in [0.05, 0.1) is 25.1 Å². The fraction of sp³-hybridized carbons (Fsp3) is 0.278. The normalized spacial score (nSPS) is 10.7. The molecular weight excluding hydrogens is 352 g/mol. The van der Waals surface area contributed by atoms with Crippen molar-refractivity contribution in [3.63, 3.8) is 0 Å². The maximum atomic E-state index is 12.4. The van der Waals surface area contributed by atoms with E-state index in [1.54, 1.807) is 25.4 Å². The summed E-state index contributed by atoms with van der Waals surface area (Å²) < 4.78 is 12.6. The Morgan fingerprint density at radius 2 is 2.19 bits per heavy atom. The van der Waals surface area contributed by atoms with Crippen LogP contribution in [0.3, 0.4) is 0 Å². The molecule has 0 bridgehead atoms. The van der Waals surface area contributed by atoms with E-state index in [-0.39, 0.29) is 11.7 Å². The van der Waals surface area contributed by atoms with Crippen LogP contribution in [0.15, 0.2) is 52.3 Å². The molecule has 0 atom stereocenters. The molecule has 7 nitrogen and oxygen atoms in total. The Morgan fingerprint density at radius 1 is 1.35 bits per heavy atom. The third kappa shape index (κ3) is 4.26. The molecule has 0 aliphatic rings. The molecule has 0 unspecified atom stereocenters. The van der Waals surface area contributed by atoms with Crippen LogP contribution >= 0.6 is 11.8 Å². The number of hydrogen-bond donors (Lipinski definition) is 0. The number of aromatic nitrogens is 3. The Labute approximate surface area is 156 Å². The second-order valence-corrected chi connectivity index (χ2v) is 6.68. The number of carbonyl (C=O) groups excluding carboxylic acids is 1. The van der Waals surface area contributed by atoms with E-state index < -0.39 is 0 Å². The number of methoxy groups -OCH3 is 1. The molecule has 0 radical (unpaired) electrons. The first kappa shape index (κ1) is 18.1. The van der Waals surface area contributed by atoms with Crippen molar-refractivity contribution in [2.75, 3.05) is 19.9 Å². The fourth-order valence-electron chi connectivity index (χ4n) is 2.39. The molecule has 3 rings (SSSR count). The van der Waals surface area contributed by atoms with Crippen LogP contribution in [0.5, 0.6) is 5.75 Å². The van der Waals surface area contributed by atoms with Gasteiger partial charge in [0.25, 0.3) is 0 Å². The van der Waals surface area contributed by atoms with Crippen molar-refractivity contribution >= 4 is 17.7 Å². The van der Waals surface area contributed by atoms with Gasteiger partial charge in [0, 0.05) is 13.1 Å². The smallest absolute Gasteiger partial charge is 0.233 e. The Hall–Kier alpha value is -2.74. The summed E-state index contributed by atoms with van der Waals surface area (Å²) in [6.45, 7) is 2.32. The maximum Gasteiger partial charge on any atom is 0.233 e. The van der Waals surface area contributed by atoms with E-state index in [1.165, 1.54) is 11.8 Å². The van der Waals surface area contributed by atoms with Gasteiger partial charge in [-0.2, -0.15) is 0 Å². The molecule has 0 saturated carbocycles. The van der Waals surface area contributed by atoms with Crippen molar-refractivity contribution in [3.05, 3.63) is 54.2 Å². The molecule has 0 spiro atoms. The van der Waals surface area contributed by atoms with Gasteiger partial charge in [0.1, 0.15) is 23.6 Å². The van der Waals surface area contributed by atoms with Crippen molar-refractivity contribution in [2.24, 2.45) is 0 Å². The monoisotopic (exact) mass is 372 g/mol. The molecule has 1 aromatic carbocycles. The molecule has 8 heteroatoms. The van der Waals surface area contributed by atoms with Gasteiger partial charge in [-0.1, -0.05) is 17.8 Å². The lowest BCUT2D eigenvalue weighted by atomic mass is 10.3. The van der Waals surface area contributed by atoms with E-state index in [9.17, 15) is 4.79 Å². The van der Waals surface area contributed by atoms with Gasteiger partial charge in [-0.25, -0.2) is 0 Å². The third-order valence-corrected chi connectivity index (χ3v) is 4.72. The van der Waals surface area contributed by atoms with E-state index in [1.807, 2.05) is 47.9 Å². The first-order chi connectivity index (χ1) is 12.6. The standard InChI is InChI=1S/C18H20N4O3S/c1-13-7-8-16(25-13)10-21(2)17(23)11-26-18-20-19-12-22(18)14-5-4-6-15(9-14)24-3/h4-9,12H,10-11H2,1-3H3. The minimum absolute atomic E-state index is 0.00996.